The fourth-order valence-corrected chi connectivity index (χ4v) is 0.530. The van der Waals surface area contributed by atoms with E-state index in [0.717, 1.165) is 0 Å². The van der Waals surface area contributed by atoms with Gasteiger partial charge in [0.05, 0.1) is 0 Å². The number of carbonyl (C=O) groups is 1. The van der Waals surface area contributed by atoms with Gasteiger partial charge in [-0.05, 0) is 0 Å². The van der Waals surface area contributed by atoms with Gasteiger partial charge in [0.1, 0.15) is 0 Å². The van der Waals surface area contributed by atoms with Crippen molar-refractivity contribution >= 4 is 6.29 Å². The highest BCUT2D eigenvalue weighted by atomic mass is 16.5. The zero-order valence-corrected chi connectivity index (χ0v) is 5.87. The Morgan fingerprint density at radius 1 is 1.60 bits per heavy atom. The number of nitrogens with zero attached hydrogens (tertiary/aromatic N) is 2. The third kappa shape index (κ3) is 1.21. The fraction of sp³-hybridized carbons (Fsp3) is 0.500. The molecule has 54 valence electrons. The summed E-state index contributed by atoms with van der Waals surface area (Å²) in [4.78, 5) is 13.8. The van der Waals surface area contributed by atoms with E-state index < -0.39 is 0 Å². The predicted molar refractivity (Wildman–Crippen MR) is 33.8 cm³/mol. The molecule has 0 saturated heterocycles. The molecule has 0 atom stereocenters. The molecule has 1 aromatic heterocycles. The number of hydrogen-bond donors (Lipinski definition) is 0. The molecule has 0 unspecified atom stereocenters. The summed E-state index contributed by atoms with van der Waals surface area (Å²) in [6.07, 6.45) is 0.565. The molecule has 4 heteroatoms. The van der Waals surface area contributed by atoms with Gasteiger partial charge in [-0.2, -0.15) is 4.98 Å². The minimum Gasteiger partial charge on any atom is -0.339 e. The van der Waals surface area contributed by atoms with E-state index in [-0.39, 0.29) is 11.7 Å². The fourth-order valence-electron chi connectivity index (χ4n) is 0.530. The average molecular weight is 140 g/mol. The molecule has 10 heavy (non-hydrogen) atoms. The van der Waals surface area contributed by atoms with Crippen molar-refractivity contribution in [1.82, 2.24) is 10.1 Å². The van der Waals surface area contributed by atoms with Crippen LogP contribution in [0.4, 0.5) is 0 Å². The lowest BCUT2D eigenvalue weighted by Gasteiger charge is -1.90. The van der Waals surface area contributed by atoms with Crippen molar-refractivity contribution in [2.45, 2.75) is 19.8 Å². The molecular weight excluding hydrogens is 132 g/mol. The SMILES string of the molecule is CC(C)c1nc(C=O)no1. The van der Waals surface area contributed by atoms with Crippen LogP contribution in [0.2, 0.25) is 0 Å². The minimum atomic E-state index is 0.115. The first-order chi connectivity index (χ1) is 4.74. The van der Waals surface area contributed by atoms with Crippen LogP contribution in [0.5, 0.6) is 0 Å². The smallest absolute Gasteiger partial charge is 0.235 e. The van der Waals surface area contributed by atoms with Crippen molar-refractivity contribution in [3.05, 3.63) is 11.7 Å². The predicted octanol–water partition coefficient (Wildman–Crippen LogP) is 1.01. The quantitative estimate of drug-likeness (QED) is 0.575. The van der Waals surface area contributed by atoms with E-state index in [4.69, 9.17) is 4.52 Å². The van der Waals surface area contributed by atoms with Crippen LogP contribution in [0.3, 0.4) is 0 Å². The molecule has 1 rings (SSSR count). The Kier molecular flexibility index (Phi) is 1.80. The molecule has 0 bridgehead atoms. The number of aldehydes is 1. The van der Waals surface area contributed by atoms with E-state index in [0.29, 0.717) is 12.2 Å². The molecule has 0 aliphatic rings. The number of hydrogen-bond acceptors (Lipinski definition) is 4. The lowest BCUT2D eigenvalue weighted by molar-refractivity contribution is 0.111. The van der Waals surface area contributed by atoms with Gasteiger partial charge >= 0.3 is 0 Å². The lowest BCUT2D eigenvalue weighted by Crippen LogP contribution is -1.87. The first-order valence-electron chi connectivity index (χ1n) is 3.03. The molecule has 1 aromatic rings. The molecule has 0 amide bonds. The zero-order chi connectivity index (χ0) is 7.56. The summed E-state index contributed by atoms with van der Waals surface area (Å²) in [6, 6.07) is 0. The van der Waals surface area contributed by atoms with Crippen molar-refractivity contribution in [3.63, 3.8) is 0 Å². The number of carbonyl (C=O) groups excluding carboxylic acids is 1. The van der Waals surface area contributed by atoms with E-state index in [2.05, 4.69) is 10.1 Å². The summed E-state index contributed by atoms with van der Waals surface area (Å²) < 4.78 is 4.72. The van der Waals surface area contributed by atoms with Gasteiger partial charge in [-0.25, -0.2) is 0 Å². The molecule has 1 heterocycles. The molecule has 0 N–H and O–H groups in total. The van der Waals surface area contributed by atoms with E-state index in [1.165, 1.54) is 0 Å². The van der Waals surface area contributed by atoms with Crippen LogP contribution >= 0.6 is 0 Å². The van der Waals surface area contributed by atoms with Gasteiger partial charge in [0.25, 0.3) is 0 Å². The molecule has 4 nitrogen and oxygen atoms in total. The maximum Gasteiger partial charge on any atom is 0.235 e. The largest absolute Gasteiger partial charge is 0.339 e. The molecular formula is C6H8N2O2. The van der Waals surface area contributed by atoms with Gasteiger partial charge in [-0.1, -0.05) is 19.0 Å². The molecule has 0 spiro atoms. The van der Waals surface area contributed by atoms with Crippen molar-refractivity contribution < 1.29 is 9.32 Å². The Morgan fingerprint density at radius 3 is 2.60 bits per heavy atom. The average Bonchev–Trinajstić information content (AvgIpc) is 2.34. The normalized spacial score (nSPS) is 10.3. The second kappa shape index (κ2) is 2.60. The van der Waals surface area contributed by atoms with Gasteiger partial charge in [-0.3, -0.25) is 4.79 Å². The topological polar surface area (TPSA) is 56.0 Å². The van der Waals surface area contributed by atoms with E-state index >= 15 is 0 Å². The lowest BCUT2D eigenvalue weighted by atomic mass is 10.2. The molecule has 0 saturated carbocycles. The van der Waals surface area contributed by atoms with Gasteiger partial charge in [0.15, 0.2) is 6.29 Å². The Labute approximate surface area is 58.2 Å². The molecule has 0 aromatic carbocycles. The standard InChI is InChI=1S/C6H8N2O2/c1-4(2)6-7-5(3-9)8-10-6/h3-4H,1-2H3. The summed E-state index contributed by atoms with van der Waals surface area (Å²) in [6.45, 7) is 3.84. The van der Waals surface area contributed by atoms with Gasteiger partial charge in [0, 0.05) is 5.92 Å². The van der Waals surface area contributed by atoms with Crippen LogP contribution in [-0.4, -0.2) is 16.4 Å². The number of aromatic nitrogens is 2. The first-order valence-corrected chi connectivity index (χ1v) is 3.03. The summed E-state index contributed by atoms with van der Waals surface area (Å²) in [5.74, 6) is 0.798. The van der Waals surface area contributed by atoms with Crippen molar-refractivity contribution in [2.75, 3.05) is 0 Å². The maximum atomic E-state index is 10.1. The molecule has 0 radical (unpaired) electrons. The summed E-state index contributed by atoms with van der Waals surface area (Å²) in [5, 5.41) is 3.40. The summed E-state index contributed by atoms with van der Waals surface area (Å²) in [5.41, 5.74) is 0. The summed E-state index contributed by atoms with van der Waals surface area (Å²) in [7, 11) is 0. The van der Waals surface area contributed by atoms with E-state index in [1.807, 2.05) is 13.8 Å². The van der Waals surface area contributed by atoms with Crippen molar-refractivity contribution in [3.8, 4) is 0 Å². The van der Waals surface area contributed by atoms with Crippen LogP contribution in [0.25, 0.3) is 0 Å². The van der Waals surface area contributed by atoms with Crippen molar-refractivity contribution in [2.24, 2.45) is 0 Å². The Hall–Kier alpha value is -1.19. The minimum absolute atomic E-state index is 0.115. The van der Waals surface area contributed by atoms with Crippen LogP contribution in [0.15, 0.2) is 4.52 Å². The third-order valence-corrected chi connectivity index (χ3v) is 1.06. The van der Waals surface area contributed by atoms with Gasteiger partial charge in [0.2, 0.25) is 11.7 Å². The van der Waals surface area contributed by atoms with E-state index in [9.17, 15) is 4.79 Å². The molecule has 0 aliphatic carbocycles. The third-order valence-electron chi connectivity index (χ3n) is 1.06. The Morgan fingerprint density at radius 2 is 2.30 bits per heavy atom. The van der Waals surface area contributed by atoms with Crippen LogP contribution < -0.4 is 0 Å². The second-order valence-corrected chi connectivity index (χ2v) is 2.26. The maximum absolute atomic E-state index is 10.1. The number of rotatable bonds is 2. The second-order valence-electron chi connectivity index (χ2n) is 2.26. The van der Waals surface area contributed by atoms with E-state index in [1.54, 1.807) is 0 Å². The zero-order valence-electron chi connectivity index (χ0n) is 5.87. The van der Waals surface area contributed by atoms with Crippen LogP contribution in [-0.2, 0) is 0 Å². The molecule has 0 aliphatic heterocycles. The monoisotopic (exact) mass is 140 g/mol. The van der Waals surface area contributed by atoms with Crippen LogP contribution in [0, 0.1) is 0 Å². The Balaban J connectivity index is 2.88. The highest BCUT2D eigenvalue weighted by Gasteiger charge is 2.07. The highest BCUT2D eigenvalue weighted by molar-refractivity contribution is 5.68. The highest BCUT2D eigenvalue weighted by Crippen LogP contribution is 2.09. The Bertz CT molecular complexity index is 229. The first kappa shape index (κ1) is 6.92. The summed E-state index contributed by atoms with van der Waals surface area (Å²) >= 11 is 0. The van der Waals surface area contributed by atoms with Crippen LogP contribution in [0.1, 0.15) is 36.3 Å². The molecule has 0 fully saturated rings. The van der Waals surface area contributed by atoms with Crippen molar-refractivity contribution in [1.29, 1.82) is 0 Å². The van der Waals surface area contributed by atoms with Gasteiger partial charge in [-0.15, -0.1) is 0 Å². The van der Waals surface area contributed by atoms with Gasteiger partial charge < -0.3 is 4.52 Å².